The maximum atomic E-state index is 12.5. The van der Waals surface area contributed by atoms with Crippen molar-refractivity contribution in [1.29, 1.82) is 0 Å². The molecule has 1 saturated heterocycles. The first-order chi connectivity index (χ1) is 15.3. The van der Waals surface area contributed by atoms with Gasteiger partial charge in [-0.2, -0.15) is 0 Å². The highest BCUT2D eigenvalue weighted by Crippen LogP contribution is 2.29. The van der Waals surface area contributed by atoms with Crippen molar-refractivity contribution in [3.8, 4) is 5.75 Å². The Hall–Kier alpha value is -2.00. The molecule has 1 fully saturated rings. The van der Waals surface area contributed by atoms with Gasteiger partial charge in [-0.15, -0.1) is 13.2 Å². The van der Waals surface area contributed by atoms with E-state index in [1.54, 1.807) is 18.2 Å². The SMILES string of the molecule is FC(F)(F)Oc1ccc(N(CCN2CCOCC2)c2cc(Cl)c3c(n2)=C(Cl)CCC=3)cc1. The van der Waals surface area contributed by atoms with E-state index < -0.39 is 6.36 Å². The third-order valence-corrected chi connectivity index (χ3v) is 6.05. The van der Waals surface area contributed by atoms with Crippen molar-refractivity contribution in [3.05, 3.63) is 45.9 Å². The molecule has 0 N–H and O–H groups in total. The molecule has 2 aromatic rings. The third kappa shape index (κ3) is 5.67. The molecule has 0 radical (unpaired) electrons. The number of nitrogens with zero attached hydrogens (tertiary/aromatic N) is 3. The highest BCUT2D eigenvalue weighted by molar-refractivity contribution is 6.45. The second-order valence-corrected chi connectivity index (χ2v) is 8.38. The summed E-state index contributed by atoms with van der Waals surface area (Å²) in [5.41, 5.74) is 0.673. The summed E-state index contributed by atoms with van der Waals surface area (Å²) in [4.78, 5) is 8.96. The molecule has 0 spiro atoms. The Labute approximate surface area is 193 Å². The number of aromatic nitrogens is 1. The van der Waals surface area contributed by atoms with Gasteiger partial charge in [0.05, 0.1) is 23.6 Å². The first-order valence-electron chi connectivity index (χ1n) is 10.3. The fourth-order valence-electron chi connectivity index (χ4n) is 3.78. The standard InChI is InChI=1S/C22H22Cl2F3N3O2/c23-18-3-1-2-17-19(24)14-20(28-21(17)18)30(9-8-29-10-12-31-13-11-29)15-4-6-16(7-5-15)32-22(25,26)27/h2,4-7,14H,1,3,8-13H2. The maximum Gasteiger partial charge on any atom is 0.573 e. The number of rotatable bonds is 6. The molecular weight excluding hydrogens is 466 g/mol. The van der Waals surface area contributed by atoms with Crippen LogP contribution in [0.4, 0.5) is 24.7 Å². The van der Waals surface area contributed by atoms with Crippen LogP contribution in [0.3, 0.4) is 0 Å². The van der Waals surface area contributed by atoms with Crippen molar-refractivity contribution in [2.45, 2.75) is 19.2 Å². The molecule has 4 rings (SSSR count). The van der Waals surface area contributed by atoms with Crippen LogP contribution in [-0.4, -0.2) is 55.6 Å². The summed E-state index contributed by atoms with van der Waals surface area (Å²) < 4.78 is 47.0. The predicted octanol–water partition coefficient (Wildman–Crippen LogP) is 4.03. The first-order valence-corrected chi connectivity index (χ1v) is 11.0. The van der Waals surface area contributed by atoms with E-state index in [0.29, 0.717) is 53.1 Å². The molecule has 1 aromatic carbocycles. The number of hydrogen-bond donors (Lipinski definition) is 0. The van der Waals surface area contributed by atoms with E-state index in [9.17, 15) is 13.2 Å². The topological polar surface area (TPSA) is 37.8 Å². The van der Waals surface area contributed by atoms with Gasteiger partial charge in [0.2, 0.25) is 0 Å². The quantitative estimate of drug-likeness (QED) is 0.614. The average molecular weight is 488 g/mol. The minimum absolute atomic E-state index is 0.281. The summed E-state index contributed by atoms with van der Waals surface area (Å²) in [7, 11) is 0. The van der Waals surface area contributed by atoms with Crippen LogP contribution in [0.1, 0.15) is 12.8 Å². The van der Waals surface area contributed by atoms with Crippen LogP contribution < -0.4 is 20.2 Å². The summed E-state index contributed by atoms with van der Waals surface area (Å²) in [6, 6.07) is 7.50. The zero-order valence-electron chi connectivity index (χ0n) is 17.2. The van der Waals surface area contributed by atoms with Gasteiger partial charge in [0.1, 0.15) is 11.6 Å². The van der Waals surface area contributed by atoms with Gasteiger partial charge >= 0.3 is 6.36 Å². The molecule has 0 bridgehead atoms. The number of anilines is 2. The van der Waals surface area contributed by atoms with Crippen molar-refractivity contribution in [3.63, 3.8) is 0 Å². The number of morpholine rings is 1. The summed E-state index contributed by atoms with van der Waals surface area (Å²) in [5, 5.41) is 2.65. The van der Waals surface area contributed by atoms with Gasteiger partial charge in [-0.05, 0) is 37.1 Å². The van der Waals surface area contributed by atoms with Gasteiger partial charge in [-0.3, -0.25) is 4.90 Å². The van der Waals surface area contributed by atoms with E-state index in [2.05, 4.69) is 9.64 Å². The largest absolute Gasteiger partial charge is 0.573 e. The molecule has 0 atom stereocenters. The molecule has 0 amide bonds. The highest BCUT2D eigenvalue weighted by atomic mass is 35.5. The molecule has 0 saturated carbocycles. The van der Waals surface area contributed by atoms with E-state index in [-0.39, 0.29) is 5.75 Å². The number of hydrogen-bond acceptors (Lipinski definition) is 5. The van der Waals surface area contributed by atoms with Gasteiger partial charge in [0.25, 0.3) is 0 Å². The van der Waals surface area contributed by atoms with Gasteiger partial charge < -0.3 is 14.4 Å². The van der Waals surface area contributed by atoms with Crippen LogP contribution in [-0.2, 0) is 4.74 Å². The Bertz CT molecular complexity index is 1070. The Balaban J connectivity index is 1.67. The number of halogens is 5. The van der Waals surface area contributed by atoms with Gasteiger partial charge in [0, 0.05) is 48.2 Å². The zero-order chi connectivity index (χ0) is 22.7. The molecule has 10 heteroatoms. The Morgan fingerprint density at radius 2 is 1.84 bits per heavy atom. The molecule has 1 aliphatic carbocycles. The van der Waals surface area contributed by atoms with Crippen LogP contribution in [0.2, 0.25) is 5.02 Å². The van der Waals surface area contributed by atoms with Crippen molar-refractivity contribution >= 4 is 45.8 Å². The lowest BCUT2D eigenvalue weighted by Gasteiger charge is -2.31. The smallest absolute Gasteiger partial charge is 0.406 e. The summed E-state index contributed by atoms with van der Waals surface area (Å²) in [6.07, 6.45) is -1.23. The van der Waals surface area contributed by atoms with E-state index in [1.165, 1.54) is 12.1 Å². The number of benzene rings is 1. The number of pyridine rings is 1. The van der Waals surface area contributed by atoms with Crippen molar-refractivity contribution in [1.82, 2.24) is 9.88 Å². The van der Waals surface area contributed by atoms with Crippen molar-refractivity contribution < 1.29 is 22.6 Å². The van der Waals surface area contributed by atoms with Crippen LogP contribution in [0.25, 0.3) is 11.1 Å². The zero-order valence-corrected chi connectivity index (χ0v) is 18.7. The Kier molecular flexibility index (Phi) is 7.14. The first kappa shape index (κ1) is 23.2. The van der Waals surface area contributed by atoms with Crippen molar-refractivity contribution in [2.75, 3.05) is 44.3 Å². The number of ether oxygens (including phenoxy) is 2. The highest BCUT2D eigenvalue weighted by Gasteiger charge is 2.31. The second-order valence-electron chi connectivity index (χ2n) is 7.52. The van der Waals surface area contributed by atoms with E-state index >= 15 is 0 Å². The Morgan fingerprint density at radius 3 is 2.53 bits per heavy atom. The van der Waals surface area contributed by atoms with Crippen LogP contribution in [0.5, 0.6) is 5.75 Å². The minimum Gasteiger partial charge on any atom is -0.406 e. The molecule has 1 aliphatic heterocycles. The van der Waals surface area contributed by atoms with E-state index in [4.69, 9.17) is 32.9 Å². The fraction of sp³-hybridized carbons (Fsp3) is 0.409. The monoisotopic (exact) mass is 487 g/mol. The van der Waals surface area contributed by atoms with E-state index in [0.717, 1.165) is 31.3 Å². The molecule has 2 aliphatic rings. The Morgan fingerprint density at radius 1 is 1.12 bits per heavy atom. The van der Waals surface area contributed by atoms with Gasteiger partial charge in [-0.25, -0.2) is 4.98 Å². The van der Waals surface area contributed by atoms with E-state index in [1.807, 2.05) is 11.0 Å². The number of fused-ring (bicyclic) bond motifs is 1. The lowest BCUT2D eigenvalue weighted by Crippen LogP contribution is -2.41. The summed E-state index contributed by atoms with van der Waals surface area (Å²) in [6.45, 7) is 4.27. The fourth-order valence-corrected chi connectivity index (χ4v) is 4.30. The van der Waals surface area contributed by atoms with Gasteiger partial charge in [0.15, 0.2) is 0 Å². The molecular formula is C22H22Cl2F3N3O2. The second kappa shape index (κ2) is 9.87. The molecule has 1 aromatic heterocycles. The molecule has 0 unspecified atom stereocenters. The average Bonchev–Trinajstić information content (AvgIpc) is 2.75. The minimum atomic E-state index is -4.74. The van der Waals surface area contributed by atoms with Crippen LogP contribution >= 0.6 is 23.2 Å². The maximum absolute atomic E-state index is 12.5. The molecule has 32 heavy (non-hydrogen) atoms. The predicted molar refractivity (Wildman–Crippen MR) is 119 cm³/mol. The van der Waals surface area contributed by atoms with Crippen molar-refractivity contribution in [2.24, 2.45) is 0 Å². The number of alkyl halides is 3. The van der Waals surface area contributed by atoms with Gasteiger partial charge in [-0.1, -0.05) is 29.3 Å². The normalized spacial score (nSPS) is 17.0. The molecule has 2 heterocycles. The van der Waals surface area contributed by atoms with Crippen LogP contribution in [0, 0.1) is 0 Å². The lowest BCUT2D eigenvalue weighted by atomic mass is 10.1. The van der Waals surface area contributed by atoms with Crippen LogP contribution in [0.15, 0.2) is 30.3 Å². The third-order valence-electron chi connectivity index (χ3n) is 5.37. The lowest BCUT2D eigenvalue weighted by molar-refractivity contribution is -0.274. The molecule has 172 valence electrons. The summed E-state index contributed by atoms with van der Waals surface area (Å²) in [5.74, 6) is 0.303. The molecule has 5 nitrogen and oxygen atoms in total. The summed E-state index contributed by atoms with van der Waals surface area (Å²) >= 11 is 13.0.